The van der Waals surface area contributed by atoms with Crippen molar-refractivity contribution in [1.29, 1.82) is 0 Å². The van der Waals surface area contributed by atoms with Crippen LogP contribution in [0.2, 0.25) is 0 Å². The second-order valence-electron chi connectivity index (χ2n) is 16.1. The van der Waals surface area contributed by atoms with E-state index in [2.05, 4.69) is 99.0 Å². The van der Waals surface area contributed by atoms with E-state index < -0.39 is 18.2 Å². The number of carbonyl (C=O) groups excluding carboxylic acids is 2. The number of aliphatic hydroxyl groups excluding tert-OH is 2. The molecule has 0 aromatic rings. The van der Waals surface area contributed by atoms with Gasteiger partial charge in [-0.25, -0.2) is 0 Å². The van der Waals surface area contributed by atoms with Crippen LogP contribution in [0.25, 0.3) is 0 Å². The van der Waals surface area contributed by atoms with Gasteiger partial charge in [0.2, 0.25) is 5.91 Å². The van der Waals surface area contributed by atoms with Crippen molar-refractivity contribution >= 4 is 11.9 Å². The highest BCUT2D eigenvalue weighted by molar-refractivity contribution is 5.77. The van der Waals surface area contributed by atoms with Crippen LogP contribution in [0.4, 0.5) is 0 Å². The van der Waals surface area contributed by atoms with E-state index >= 15 is 0 Å². The van der Waals surface area contributed by atoms with Crippen LogP contribution in [0.15, 0.2) is 72.9 Å². The molecule has 0 aliphatic rings. The van der Waals surface area contributed by atoms with Crippen LogP contribution < -0.4 is 5.32 Å². The molecule has 1 amide bonds. The minimum atomic E-state index is -0.799. The first-order chi connectivity index (χ1) is 28.5. The van der Waals surface area contributed by atoms with Gasteiger partial charge in [0.1, 0.15) is 6.10 Å². The molecule has 0 heterocycles. The standard InChI is InChI=1S/C52H91NO5/c1-4-7-10-13-16-19-22-24-26-29-31-34-37-40-43-48(58-52(57)45-42-39-36-33-30-27-25-23-20-17-14-11-8-5-2)46-51(56)53-49(47-54)50(55)44-41-38-35-32-28-21-18-15-12-9-6-3/h7-8,10-11,16-17,19-20,24-27,48-50,54-55H,4-6,9,12-15,18,21-23,28-47H2,1-3H3,(H,53,56)/b10-7+,11-8+,19-16+,20-17+,26-24+,27-25+. The van der Waals surface area contributed by atoms with Crippen molar-refractivity contribution in [2.75, 3.05) is 6.61 Å². The van der Waals surface area contributed by atoms with Crippen LogP contribution in [0, 0.1) is 0 Å². The third-order valence-corrected chi connectivity index (χ3v) is 10.5. The van der Waals surface area contributed by atoms with Gasteiger partial charge in [0, 0.05) is 6.42 Å². The van der Waals surface area contributed by atoms with Crippen LogP contribution in [0.5, 0.6) is 0 Å². The smallest absolute Gasteiger partial charge is 0.306 e. The zero-order chi connectivity index (χ0) is 42.4. The topological polar surface area (TPSA) is 95.9 Å². The van der Waals surface area contributed by atoms with Gasteiger partial charge in [-0.05, 0) is 89.9 Å². The molecule has 58 heavy (non-hydrogen) atoms. The lowest BCUT2D eigenvalue weighted by Gasteiger charge is -2.24. The Bertz CT molecular complexity index is 1090. The van der Waals surface area contributed by atoms with Gasteiger partial charge in [0.25, 0.3) is 0 Å². The van der Waals surface area contributed by atoms with Gasteiger partial charge in [0.15, 0.2) is 0 Å². The van der Waals surface area contributed by atoms with Crippen molar-refractivity contribution in [3.05, 3.63) is 72.9 Å². The Hall–Kier alpha value is -2.70. The fourth-order valence-corrected chi connectivity index (χ4v) is 6.93. The molecule has 0 spiro atoms. The number of allylic oxidation sites excluding steroid dienone is 12. The molecule has 0 radical (unpaired) electrons. The van der Waals surface area contributed by atoms with Gasteiger partial charge >= 0.3 is 5.97 Å². The molecular formula is C52H91NO5. The van der Waals surface area contributed by atoms with E-state index in [9.17, 15) is 19.8 Å². The summed E-state index contributed by atoms with van der Waals surface area (Å²) in [7, 11) is 0. The molecular weight excluding hydrogens is 719 g/mol. The van der Waals surface area contributed by atoms with Crippen LogP contribution in [-0.4, -0.2) is 46.9 Å². The maximum atomic E-state index is 13.2. The Kier molecular flexibility index (Phi) is 43.3. The van der Waals surface area contributed by atoms with Crippen LogP contribution in [-0.2, 0) is 14.3 Å². The number of esters is 1. The minimum Gasteiger partial charge on any atom is -0.462 e. The Morgan fingerprint density at radius 1 is 0.517 bits per heavy atom. The van der Waals surface area contributed by atoms with E-state index in [4.69, 9.17) is 4.74 Å². The molecule has 0 fully saturated rings. The maximum absolute atomic E-state index is 13.2. The number of amides is 1. The predicted molar refractivity (Wildman–Crippen MR) is 250 cm³/mol. The van der Waals surface area contributed by atoms with Gasteiger partial charge < -0.3 is 20.3 Å². The predicted octanol–water partition coefficient (Wildman–Crippen LogP) is 14.2. The Morgan fingerprint density at radius 2 is 0.931 bits per heavy atom. The summed E-state index contributed by atoms with van der Waals surface area (Å²) in [6.07, 6.45) is 56.7. The lowest BCUT2D eigenvalue weighted by molar-refractivity contribution is -0.151. The minimum absolute atomic E-state index is 0.0505. The van der Waals surface area contributed by atoms with Crippen LogP contribution in [0.3, 0.4) is 0 Å². The van der Waals surface area contributed by atoms with Crippen molar-refractivity contribution in [3.8, 4) is 0 Å². The molecule has 3 unspecified atom stereocenters. The van der Waals surface area contributed by atoms with Crippen molar-refractivity contribution in [2.45, 2.75) is 238 Å². The van der Waals surface area contributed by atoms with E-state index in [1.807, 2.05) is 0 Å². The SMILES string of the molecule is CC/C=C/C/C=C/C/C=C/CCCCCCC(=O)OC(CCCCCC/C=C/C/C=C/C/C=C/CC)CC(=O)NC(CO)C(O)CCCCCCCCCCCCC. The summed E-state index contributed by atoms with van der Waals surface area (Å²) in [5.41, 5.74) is 0. The number of aliphatic hydroxyl groups is 2. The molecule has 6 heteroatoms. The third kappa shape index (κ3) is 40.1. The molecule has 0 bridgehead atoms. The summed E-state index contributed by atoms with van der Waals surface area (Å²) < 4.78 is 5.90. The van der Waals surface area contributed by atoms with E-state index in [1.54, 1.807) is 0 Å². The number of nitrogens with one attached hydrogen (secondary N) is 1. The zero-order valence-electron chi connectivity index (χ0n) is 37.9. The second-order valence-corrected chi connectivity index (χ2v) is 16.1. The molecule has 6 nitrogen and oxygen atoms in total. The number of rotatable bonds is 42. The molecule has 0 saturated heterocycles. The highest BCUT2D eigenvalue weighted by Crippen LogP contribution is 2.17. The molecule has 0 aliphatic carbocycles. The van der Waals surface area contributed by atoms with E-state index in [1.165, 1.54) is 51.4 Å². The summed E-state index contributed by atoms with van der Waals surface area (Å²) in [5.74, 6) is -0.527. The van der Waals surface area contributed by atoms with E-state index in [0.717, 1.165) is 122 Å². The molecule has 3 N–H and O–H groups in total. The number of hydrogen-bond donors (Lipinski definition) is 3. The lowest BCUT2D eigenvalue weighted by Crippen LogP contribution is -2.46. The van der Waals surface area contributed by atoms with Gasteiger partial charge in [0.05, 0.1) is 25.2 Å². The average molecular weight is 810 g/mol. The molecule has 3 atom stereocenters. The van der Waals surface area contributed by atoms with E-state index in [-0.39, 0.29) is 24.9 Å². The fourth-order valence-electron chi connectivity index (χ4n) is 6.93. The molecule has 334 valence electrons. The number of unbranched alkanes of at least 4 members (excludes halogenated alkanes) is 18. The highest BCUT2D eigenvalue weighted by Gasteiger charge is 2.24. The normalized spacial score (nSPS) is 13.9. The quantitative estimate of drug-likeness (QED) is 0.0324. The van der Waals surface area contributed by atoms with Gasteiger partial charge in [-0.15, -0.1) is 0 Å². The van der Waals surface area contributed by atoms with Crippen molar-refractivity contribution in [3.63, 3.8) is 0 Å². The summed E-state index contributed by atoms with van der Waals surface area (Å²) in [4.78, 5) is 26.1. The lowest BCUT2D eigenvalue weighted by atomic mass is 10.0. The summed E-state index contributed by atoms with van der Waals surface area (Å²) >= 11 is 0. The molecule has 0 saturated carbocycles. The number of carbonyl (C=O) groups is 2. The Balaban J connectivity index is 4.69. The van der Waals surface area contributed by atoms with E-state index in [0.29, 0.717) is 19.3 Å². The first-order valence-electron chi connectivity index (χ1n) is 24.2. The van der Waals surface area contributed by atoms with Gasteiger partial charge in [-0.1, -0.05) is 190 Å². The summed E-state index contributed by atoms with van der Waals surface area (Å²) in [6, 6.07) is -0.715. The highest BCUT2D eigenvalue weighted by atomic mass is 16.5. The average Bonchev–Trinajstić information content (AvgIpc) is 3.22. The molecule has 0 aliphatic heterocycles. The first-order valence-corrected chi connectivity index (χ1v) is 24.2. The monoisotopic (exact) mass is 810 g/mol. The Labute approximate surface area is 358 Å². The largest absolute Gasteiger partial charge is 0.462 e. The summed E-state index contributed by atoms with van der Waals surface area (Å²) in [5, 5.41) is 23.7. The van der Waals surface area contributed by atoms with Gasteiger partial charge in [-0.2, -0.15) is 0 Å². The number of hydrogen-bond acceptors (Lipinski definition) is 5. The second kappa shape index (κ2) is 45.4. The fraction of sp³-hybridized carbons (Fsp3) is 0.731. The number of ether oxygens (including phenoxy) is 1. The van der Waals surface area contributed by atoms with Crippen LogP contribution in [0.1, 0.15) is 220 Å². The molecule has 0 aromatic heterocycles. The molecule has 0 rings (SSSR count). The molecule has 0 aromatic carbocycles. The van der Waals surface area contributed by atoms with Crippen LogP contribution >= 0.6 is 0 Å². The van der Waals surface area contributed by atoms with Crippen molar-refractivity contribution in [1.82, 2.24) is 5.32 Å². The van der Waals surface area contributed by atoms with Gasteiger partial charge in [-0.3, -0.25) is 9.59 Å². The van der Waals surface area contributed by atoms with Crippen molar-refractivity contribution in [2.24, 2.45) is 0 Å². The summed E-state index contributed by atoms with van der Waals surface area (Å²) in [6.45, 7) is 6.23. The zero-order valence-corrected chi connectivity index (χ0v) is 37.9. The third-order valence-electron chi connectivity index (χ3n) is 10.5. The Morgan fingerprint density at radius 3 is 1.41 bits per heavy atom. The first kappa shape index (κ1) is 55.3. The van der Waals surface area contributed by atoms with Crippen molar-refractivity contribution < 1.29 is 24.5 Å². The maximum Gasteiger partial charge on any atom is 0.306 e.